The predicted octanol–water partition coefficient (Wildman–Crippen LogP) is 2.58. The van der Waals surface area contributed by atoms with E-state index >= 15 is 0 Å². The summed E-state index contributed by atoms with van der Waals surface area (Å²) in [5, 5.41) is 28.4. The standard InChI is InChI=1S/C20H21N5O8/c1-12(8-19(26)21-16-11-15(32-2)6-7-18(16)33-3)22-23-20(27)9-13-4-5-14(24(28)29)10-17(13)25(30)31/h4-7,10-11H,8-9H2,1-3H3,(H,21,26)(H,23,27)/b22-12+. The Kier molecular flexibility index (Phi) is 8.37. The van der Waals surface area contributed by atoms with Crippen LogP contribution in [0.25, 0.3) is 0 Å². The lowest BCUT2D eigenvalue weighted by atomic mass is 10.1. The van der Waals surface area contributed by atoms with Crippen molar-refractivity contribution in [2.24, 2.45) is 5.10 Å². The lowest BCUT2D eigenvalue weighted by Crippen LogP contribution is -2.23. The molecule has 0 aromatic heterocycles. The van der Waals surface area contributed by atoms with Gasteiger partial charge in [0, 0.05) is 23.4 Å². The molecule has 0 unspecified atom stereocenters. The van der Waals surface area contributed by atoms with Gasteiger partial charge in [-0.15, -0.1) is 0 Å². The quantitative estimate of drug-likeness (QED) is 0.309. The Morgan fingerprint density at radius 3 is 2.33 bits per heavy atom. The number of hydrogen-bond donors (Lipinski definition) is 2. The number of benzene rings is 2. The number of ether oxygens (including phenoxy) is 2. The molecule has 0 aliphatic rings. The highest BCUT2D eigenvalue weighted by Crippen LogP contribution is 2.29. The van der Waals surface area contributed by atoms with E-state index in [9.17, 15) is 29.8 Å². The molecule has 0 aliphatic heterocycles. The van der Waals surface area contributed by atoms with E-state index in [4.69, 9.17) is 9.47 Å². The van der Waals surface area contributed by atoms with Crippen LogP contribution in [0.15, 0.2) is 41.5 Å². The highest BCUT2D eigenvalue weighted by molar-refractivity contribution is 6.06. The number of nitrogens with one attached hydrogen (secondary N) is 2. The topological polar surface area (TPSA) is 175 Å². The predicted molar refractivity (Wildman–Crippen MR) is 117 cm³/mol. The number of amides is 2. The van der Waals surface area contributed by atoms with Crippen LogP contribution in [0.1, 0.15) is 18.9 Å². The Bertz CT molecular complexity index is 1120. The fourth-order valence-electron chi connectivity index (χ4n) is 2.73. The van der Waals surface area contributed by atoms with Gasteiger partial charge < -0.3 is 14.8 Å². The summed E-state index contributed by atoms with van der Waals surface area (Å²) in [6, 6.07) is 7.89. The molecule has 0 radical (unpaired) electrons. The maximum atomic E-state index is 12.3. The molecule has 33 heavy (non-hydrogen) atoms. The van der Waals surface area contributed by atoms with Gasteiger partial charge in [0.15, 0.2) is 0 Å². The van der Waals surface area contributed by atoms with Gasteiger partial charge in [0.2, 0.25) is 11.8 Å². The second-order valence-corrected chi connectivity index (χ2v) is 6.68. The van der Waals surface area contributed by atoms with Crippen molar-refractivity contribution < 1.29 is 28.9 Å². The fraction of sp³-hybridized carbons (Fsp3) is 0.250. The SMILES string of the molecule is COc1ccc(OC)c(NC(=O)C/C(C)=N/NC(=O)Cc2ccc([N+](=O)[O-])cc2[N+](=O)[O-])c1. The summed E-state index contributed by atoms with van der Waals surface area (Å²) < 4.78 is 10.3. The van der Waals surface area contributed by atoms with Gasteiger partial charge in [-0.25, -0.2) is 5.43 Å². The van der Waals surface area contributed by atoms with Gasteiger partial charge in [0.25, 0.3) is 11.4 Å². The Morgan fingerprint density at radius 1 is 1.00 bits per heavy atom. The summed E-state index contributed by atoms with van der Waals surface area (Å²) in [4.78, 5) is 44.8. The van der Waals surface area contributed by atoms with Crippen LogP contribution in [-0.2, 0) is 16.0 Å². The molecular weight excluding hydrogens is 438 g/mol. The van der Waals surface area contributed by atoms with Gasteiger partial charge in [-0.05, 0) is 25.1 Å². The molecular formula is C20H21N5O8. The molecule has 0 bridgehead atoms. The summed E-state index contributed by atoms with van der Waals surface area (Å²) >= 11 is 0. The minimum atomic E-state index is -0.804. The highest BCUT2D eigenvalue weighted by Gasteiger charge is 2.21. The van der Waals surface area contributed by atoms with Gasteiger partial charge in [-0.3, -0.25) is 29.8 Å². The molecule has 2 rings (SSSR count). The first-order valence-electron chi connectivity index (χ1n) is 9.40. The normalized spacial score (nSPS) is 10.8. The average molecular weight is 459 g/mol. The maximum Gasteiger partial charge on any atom is 0.279 e. The minimum Gasteiger partial charge on any atom is -0.497 e. The molecule has 174 valence electrons. The van der Waals surface area contributed by atoms with Crippen molar-refractivity contribution in [1.29, 1.82) is 0 Å². The molecule has 2 amide bonds. The molecule has 13 heteroatoms. The second kappa shape index (κ2) is 11.2. The summed E-state index contributed by atoms with van der Waals surface area (Å²) in [6.07, 6.45) is -0.587. The Balaban J connectivity index is 2.00. The lowest BCUT2D eigenvalue weighted by Gasteiger charge is -2.11. The van der Waals surface area contributed by atoms with Crippen molar-refractivity contribution >= 4 is 34.6 Å². The van der Waals surface area contributed by atoms with Crippen LogP contribution < -0.4 is 20.2 Å². The van der Waals surface area contributed by atoms with E-state index in [0.717, 1.165) is 18.2 Å². The number of methoxy groups -OCH3 is 2. The van der Waals surface area contributed by atoms with Crippen LogP contribution in [0.5, 0.6) is 11.5 Å². The molecule has 2 aromatic carbocycles. The lowest BCUT2D eigenvalue weighted by molar-refractivity contribution is -0.394. The Labute approximate surface area is 187 Å². The van der Waals surface area contributed by atoms with Gasteiger partial charge in [-0.1, -0.05) is 0 Å². The number of nitrogens with zero attached hydrogens (tertiary/aromatic N) is 3. The minimum absolute atomic E-state index is 0.0150. The number of nitro groups is 2. The van der Waals surface area contributed by atoms with Crippen LogP contribution in [0.2, 0.25) is 0 Å². The average Bonchev–Trinajstić information content (AvgIpc) is 2.77. The Hall–Kier alpha value is -4.55. The third-order valence-corrected chi connectivity index (χ3v) is 4.30. The van der Waals surface area contributed by atoms with Crippen molar-refractivity contribution in [3.8, 4) is 11.5 Å². The summed E-state index contributed by atoms with van der Waals surface area (Å²) in [5.41, 5.74) is 1.85. The number of hydrogen-bond acceptors (Lipinski definition) is 9. The molecule has 0 saturated heterocycles. The molecule has 2 aromatic rings. The molecule has 0 spiro atoms. The zero-order valence-electron chi connectivity index (χ0n) is 18.0. The van der Waals surface area contributed by atoms with E-state index < -0.39 is 39.5 Å². The third kappa shape index (κ3) is 6.99. The molecule has 0 saturated carbocycles. The van der Waals surface area contributed by atoms with E-state index in [1.807, 2.05) is 0 Å². The first-order chi connectivity index (χ1) is 15.6. The molecule has 2 N–H and O–H groups in total. The van der Waals surface area contributed by atoms with Gasteiger partial charge in [-0.2, -0.15) is 5.10 Å². The van der Waals surface area contributed by atoms with Crippen LogP contribution in [-0.4, -0.2) is 41.6 Å². The van der Waals surface area contributed by atoms with Crippen LogP contribution in [0.4, 0.5) is 17.1 Å². The molecule has 0 fully saturated rings. The summed E-state index contributed by atoms with van der Waals surface area (Å²) in [5.74, 6) is -0.176. The van der Waals surface area contributed by atoms with Gasteiger partial charge in [0.1, 0.15) is 11.5 Å². The molecule has 0 aliphatic carbocycles. The maximum absolute atomic E-state index is 12.3. The van der Waals surface area contributed by atoms with E-state index in [2.05, 4.69) is 15.8 Å². The number of rotatable bonds is 10. The van der Waals surface area contributed by atoms with Crippen molar-refractivity contribution in [2.75, 3.05) is 19.5 Å². The van der Waals surface area contributed by atoms with Crippen molar-refractivity contribution in [1.82, 2.24) is 5.43 Å². The fourth-order valence-corrected chi connectivity index (χ4v) is 2.73. The van der Waals surface area contributed by atoms with Crippen molar-refractivity contribution in [2.45, 2.75) is 19.8 Å². The van der Waals surface area contributed by atoms with E-state index in [0.29, 0.717) is 17.2 Å². The molecule has 0 heterocycles. The Morgan fingerprint density at radius 2 is 1.73 bits per heavy atom. The van der Waals surface area contributed by atoms with E-state index in [-0.39, 0.29) is 17.7 Å². The van der Waals surface area contributed by atoms with Crippen LogP contribution in [0.3, 0.4) is 0 Å². The largest absolute Gasteiger partial charge is 0.497 e. The van der Waals surface area contributed by atoms with Crippen molar-refractivity contribution in [3.05, 3.63) is 62.2 Å². The summed E-state index contributed by atoms with van der Waals surface area (Å²) in [6.45, 7) is 1.51. The number of nitro benzene ring substituents is 2. The van der Waals surface area contributed by atoms with E-state index in [1.165, 1.54) is 21.1 Å². The number of anilines is 1. The van der Waals surface area contributed by atoms with Crippen LogP contribution >= 0.6 is 0 Å². The second-order valence-electron chi connectivity index (χ2n) is 6.68. The summed E-state index contributed by atoms with van der Waals surface area (Å²) in [7, 11) is 2.94. The first-order valence-corrected chi connectivity index (χ1v) is 9.40. The highest BCUT2D eigenvalue weighted by atomic mass is 16.6. The van der Waals surface area contributed by atoms with Crippen LogP contribution in [0, 0.1) is 20.2 Å². The number of carbonyl (C=O) groups excluding carboxylic acids is 2. The zero-order chi connectivity index (χ0) is 24.5. The number of non-ortho nitro benzene ring substituents is 1. The zero-order valence-corrected chi connectivity index (χ0v) is 18.0. The van der Waals surface area contributed by atoms with Gasteiger partial charge in [0.05, 0.1) is 48.7 Å². The molecule has 13 nitrogen and oxygen atoms in total. The van der Waals surface area contributed by atoms with Gasteiger partial charge >= 0.3 is 0 Å². The van der Waals surface area contributed by atoms with E-state index in [1.54, 1.807) is 18.2 Å². The molecule has 0 atom stereocenters. The number of hydrazone groups is 1. The third-order valence-electron chi connectivity index (χ3n) is 4.30. The van der Waals surface area contributed by atoms with Crippen molar-refractivity contribution in [3.63, 3.8) is 0 Å². The smallest absolute Gasteiger partial charge is 0.279 e. The first kappa shape index (κ1) is 24.7. The number of carbonyl (C=O) groups is 2. The monoisotopic (exact) mass is 459 g/mol.